The van der Waals surface area contributed by atoms with Crippen molar-refractivity contribution in [2.75, 3.05) is 6.61 Å². The van der Waals surface area contributed by atoms with Crippen LogP contribution in [0.5, 0.6) is 5.75 Å². The number of para-hydroxylation sites is 1. The van der Waals surface area contributed by atoms with Gasteiger partial charge in [-0.05, 0) is 31.0 Å². The lowest BCUT2D eigenvalue weighted by Crippen LogP contribution is -2.30. The Balaban J connectivity index is 2.12. The highest BCUT2D eigenvalue weighted by Crippen LogP contribution is 2.24. The van der Waals surface area contributed by atoms with Crippen molar-refractivity contribution in [2.45, 2.75) is 20.3 Å². The SMILES string of the molecule is CC(C)(COc1ccccc1Cc1ccccc1)C(=O)O. The first-order valence-electron chi connectivity index (χ1n) is 6.97. The quantitative estimate of drug-likeness (QED) is 0.878. The van der Waals surface area contributed by atoms with E-state index in [0.29, 0.717) is 0 Å². The van der Waals surface area contributed by atoms with Crippen molar-refractivity contribution in [3.05, 3.63) is 65.7 Å². The number of carbonyl (C=O) groups is 1. The van der Waals surface area contributed by atoms with Crippen LogP contribution in [0, 0.1) is 5.41 Å². The molecule has 0 saturated heterocycles. The van der Waals surface area contributed by atoms with E-state index in [0.717, 1.165) is 17.7 Å². The molecule has 0 fully saturated rings. The molecule has 0 spiro atoms. The van der Waals surface area contributed by atoms with Crippen molar-refractivity contribution < 1.29 is 14.6 Å². The summed E-state index contributed by atoms with van der Waals surface area (Å²) in [5, 5.41) is 9.14. The van der Waals surface area contributed by atoms with Crippen LogP contribution in [0.15, 0.2) is 54.6 Å². The second kappa shape index (κ2) is 6.44. The molecular weight excluding hydrogens is 264 g/mol. The van der Waals surface area contributed by atoms with Crippen molar-refractivity contribution >= 4 is 5.97 Å². The van der Waals surface area contributed by atoms with Crippen molar-refractivity contribution in [1.82, 2.24) is 0 Å². The Morgan fingerprint density at radius 3 is 2.33 bits per heavy atom. The summed E-state index contributed by atoms with van der Waals surface area (Å²) in [5.74, 6) is -0.112. The molecule has 0 aliphatic rings. The number of hydrogen-bond donors (Lipinski definition) is 1. The predicted octanol–water partition coefficient (Wildman–Crippen LogP) is 3.77. The number of benzene rings is 2. The third kappa shape index (κ3) is 4.09. The van der Waals surface area contributed by atoms with Gasteiger partial charge < -0.3 is 9.84 Å². The average molecular weight is 284 g/mol. The molecule has 0 unspecified atom stereocenters. The Hall–Kier alpha value is -2.29. The van der Waals surface area contributed by atoms with Gasteiger partial charge in [0.15, 0.2) is 0 Å². The van der Waals surface area contributed by atoms with Gasteiger partial charge in [-0.1, -0.05) is 48.5 Å². The molecule has 0 radical (unpaired) electrons. The van der Waals surface area contributed by atoms with Crippen LogP contribution in [0.25, 0.3) is 0 Å². The normalized spacial score (nSPS) is 11.1. The number of aliphatic carboxylic acids is 1. The highest BCUT2D eigenvalue weighted by Gasteiger charge is 2.28. The second-order valence-electron chi connectivity index (χ2n) is 5.75. The van der Waals surface area contributed by atoms with E-state index in [2.05, 4.69) is 12.1 Å². The van der Waals surface area contributed by atoms with Gasteiger partial charge >= 0.3 is 5.97 Å². The molecule has 3 nitrogen and oxygen atoms in total. The zero-order valence-electron chi connectivity index (χ0n) is 12.4. The van der Waals surface area contributed by atoms with Crippen LogP contribution in [0.1, 0.15) is 25.0 Å². The summed E-state index contributed by atoms with van der Waals surface area (Å²) in [6.07, 6.45) is 0.768. The van der Waals surface area contributed by atoms with Gasteiger partial charge in [-0.15, -0.1) is 0 Å². The summed E-state index contributed by atoms with van der Waals surface area (Å²) in [6, 6.07) is 17.9. The van der Waals surface area contributed by atoms with Gasteiger partial charge in [0.05, 0.1) is 5.41 Å². The molecule has 0 aliphatic carbocycles. The average Bonchev–Trinajstić information content (AvgIpc) is 2.47. The van der Waals surface area contributed by atoms with Gasteiger partial charge in [-0.3, -0.25) is 4.79 Å². The molecule has 1 N–H and O–H groups in total. The molecule has 21 heavy (non-hydrogen) atoms. The number of rotatable bonds is 6. The number of carboxylic acids is 1. The molecule has 0 aromatic heterocycles. The maximum Gasteiger partial charge on any atom is 0.312 e. The van der Waals surface area contributed by atoms with E-state index in [9.17, 15) is 4.79 Å². The van der Waals surface area contributed by atoms with E-state index in [-0.39, 0.29) is 6.61 Å². The number of ether oxygens (including phenoxy) is 1. The summed E-state index contributed by atoms with van der Waals surface area (Å²) in [7, 11) is 0. The molecule has 2 aromatic rings. The van der Waals surface area contributed by atoms with E-state index >= 15 is 0 Å². The lowest BCUT2D eigenvalue weighted by Gasteiger charge is -2.20. The minimum atomic E-state index is -0.903. The topological polar surface area (TPSA) is 46.5 Å². The van der Waals surface area contributed by atoms with Crippen LogP contribution < -0.4 is 4.74 Å². The summed E-state index contributed by atoms with van der Waals surface area (Å²) in [5.41, 5.74) is 1.36. The fourth-order valence-corrected chi connectivity index (χ4v) is 1.93. The highest BCUT2D eigenvalue weighted by molar-refractivity contribution is 5.73. The van der Waals surface area contributed by atoms with Crippen LogP contribution >= 0.6 is 0 Å². The van der Waals surface area contributed by atoms with Crippen LogP contribution in [-0.4, -0.2) is 17.7 Å². The molecule has 110 valence electrons. The fraction of sp³-hybridized carbons (Fsp3) is 0.278. The lowest BCUT2D eigenvalue weighted by molar-refractivity contribution is -0.148. The number of carboxylic acid groups (broad SMARTS) is 1. The van der Waals surface area contributed by atoms with Gasteiger partial charge in [-0.2, -0.15) is 0 Å². The second-order valence-corrected chi connectivity index (χ2v) is 5.75. The van der Waals surface area contributed by atoms with Crippen LogP contribution in [0.4, 0.5) is 0 Å². The summed E-state index contributed by atoms with van der Waals surface area (Å²) < 4.78 is 5.75. The van der Waals surface area contributed by atoms with Crippen molar-refractivity contribution in [3.63, 3.8) is 0 Å². The molecule has 0 atom stereocenters. The van der Waals surface area contributed by atoms with Gasteiger partial charge in [0.25, 0.3) is 0 Å². The van der Waals surface area contributed by atoms with Crippen molar-refractivity contribution in [3.8, 4) is 5.75 Å². The first kappa shape index (κ1) is 15.1. The first-order valence-corrected chi connectivity index (χ1v) is 6.97. The Kier molecular flexibility index (Phi) is 4.63. The summed E-state index contributed by atoms with van der Waals surface area (Å²) >= 11 is 0. The van der Waals surface area contributed by atoms with Crippen molar-refractivity contribution in [1.29, 1.82) is 0 Å². The molecule has 0 bridgehead atoms. The Morgan fingerprint density at radius 1 is 1.05 bits per heavy atom. The third-order valence-corrected chi connectivity index (χ3v) is 3.38. The standard InChI is InChI=1S/C18H20O3/c1-18(2,17(19)20)13-21-16-11-7-6-10-15(16)12-14-8-4-3-5-9-14/h3-11H,12-13H2,1-2H3,(H,19,20). The molecule has 0 heterocycles. The van der Waals surface area contributed by atoms with E-state index in [1.54, 1.807) is 13.8 Å². The van der Waals surface area contributed by atoms with Gasteiger partial charge in [0.2, 0.25) is 0 Å². The Labute approximate surface area is 125 Å². The van der Waals surface area contributed by atoms with Crippen molar-refractivity contribution in [2.24, 2.45) is 5.41 Å². The molecule has 2 rings (SSSR count). The van der Waals surface area contributed by atoms with E-state index in [1.807, 2.05) is 42.5 Å². The third-order valence-electron chi connectivity index (χ3n) is 3.38. The fourth-order valence-electron chi connectivity index (χ4n) is 1.93. The van der Waals surface area contributed by atoms with Gasteiger partial charge in [0.1, 0.15) is 12.4 Å². The number of hydrogen-bond acceptors (Lipinski definition) is 2. The zero-order chi connectivity index (χ0) is 15.3. The van der Waals surface area contributed by atoms with Gasteiger partial charge in [-0.25, -0.2) is 0 Å². The predicted molar refractivity (Wildman–Crippen MR) is 82.6 cm³/mol. The van der Waals surface area contributed by atoms with E-state index in [4.69, 9.17) is 9.84 Å². The van der Waals surface area contributed by atoms with E-state index in [1.165, 1.54) is 5.56 Å². The largest absolute Gasteiger partial charge is 0.492 e. The maximum atomic E-state index is 11.1. The molecule has 0 saturated carbocycles. The Bertz CT molecular complexity index is 603. The van der Waals surface area contributed by atoms with Crippen LogP contribution in [-0.2, 0) is 11.2 Å². The molecule has 2 aromatic carbocycles. The molecule has 0 aliphatic heterocycles. The Morgan fingerprint density at radius 2 is 1.67 bits per heavy atom. The highest BCUT2D eigenvalue weighted by atomic mass is 16.5. The zero-order valence-corrected chi connectivity index (χ0v) is 12.4. The minimum absolute atomic E-state index is 0.147. The summed E-state index contributed by atoms with van der Waals surface area (Å²) in [6.45, 7) is 3.47. The van der Waals surface area contributed by atoms with Crippen LogP contribution in [0.2, 0.25) is 0 Å². The maximum absolute atomic E-state index is 11.1. The lowest BCUT2D eigenvalue weighted by atomic mass is 9.95. The van der Waals surface area contributed by atoms with Gasteiger partial charge in [0, 0.05) is 6.42 Å². The van der Waals surface area contributed by atoms with E-state index < -0.39 is 11.4 Å². The molecule has 0 amide bonds. The molecule has 3 heteroatoms. The summed E-state index contributed by atoms with van der Waals surface area (Å²) in [4.78, 5) is 11.1. The monoisotopic (exact) mass is 284 g/mol. The first-order chi connectivity index (χ1) is 9.99. The molecular formula is C18H20O3. The van der Waals surface area contributed by atoms with Crippen LogP contribution in [0.3, 0.4) is 0 Å². The smallest absolute Gasteiger partial charge is 0.312 e. The minimum Gasteiger partial charge on any atom is -0.492 e.